The van der Waals surface area contributed by atoms with Gasteiger partial charge in [0.05, 0.1) is 6.04 Å². The molecule has 1 aromatic heterocycles. The summed E-state index contributed by atoms with van der Waals surface area (Å²) in [5, 5.41) is 2.87. The Hall–Kier alpha value is -1.88. The van der Waals surface area contributed by atoms with Gasteiger partial charge in [-0.3, -0.25) is 9.00 Å². The van der Waals surface area contributed by atoms with Crippen LogP contribution < -0.4 is 5.32 Å². The first-order valence-corrected chi connectivity index (χ1v) is 7.84. The van der Waals surface area contributed by atoms with Gasteiger partial charge in [0, 0.05) is 27.5 Å². The molecule has 4 nitrogen and oxygen atoms in total. The molecule has 1 N–H and O–H groups in total. The minimum absolute atomic E-state index is 0.181. The Morgan fingerprint density at radius 2 is 1.85 bits per heavy atom. The second kappa shape index (κ2) is 6.05. The van der Waals surface area contributed by atoms with Gasteiger partial charge in [-0.2, -0.15) is 0 Å². The van der Waals surface area contributed by atoms with E-state index in [1.54, 1.807) is 30.5 Å². The first kappa shape index (κ1) is 14.5. The van der Waals surface area contributed by atoms with E-state index < -0.39 is 10.8 Å². The zero-order valence-corrected chi connectivity index (χ0v) is 12.5. The molecule has 2 rings (SSSR count). The number of hydrogen-bond acceptors (Lipinski definition) is 3. The number of aryl methyl sites for hydroxylation is 1. The quantitative estimate of drug-likeness (QED) is 0.942. The van der Waals surface area contributed by atoms with Crippen molar-refractivity contribution < 1.29 is 13.4 Å². The van der Waals surface area contributed by atoms with E-state index in [9.17, 15) is 9.00 Å². The van der Waals surface area contributed by atoms with Crippen molar-refractivity contribution in [3.05, 3.63) is 53.5 Å². The summed E-state index contributed by atoms with van der Waals surface area (Å²) in [5.41, 5.74) is 0.536. The van der Waals surface area contributed by atoms with E-state index in [0.29, 0.717) is 10.5 Å². The standard InChI is InChI=1S/C15H17NO3S/c1-10-4-9-14(19-10)11(2)16-15(17)12-5-7-13(8-6-12)20(3)18/h4-9,11H,1-3H3,(H,16,17)/t11-,20+/m1/s1. The zero-order chi connectivity index (χ0) is 14.7. The minimum Gasteiger partial charge on any atom is -0.464 e. The van der Waals surface area contributed by atoms with Crippen LogP contribution in [0.15, 0.2) is 45.7 Å². The Balaban J connectivity index is 2.06. The van der Waals surface area contributed by atoms with Crippen molar-refractivity contribution in [1.29, 1.82) is 0 Å². The van der Waals surface area contributed by atoms with Crippen LogP contribution in [0.3, 0.4) is 0 Å². The van der Waals surface area contributed by atoms with E-state index in [4.69, 9.17) is 4.42 Å². The van der Waals surface area contributed by atoms with E-state index in [2.05, 4.69) is 5.32 Å². The maximum Gasteiger partial charge on any atom is 0.251 e. The third-order valence-electron chi connectivity index (χ3n) is 2.98. The van der Waals surface area contributed by atoms with Gasteiger partial charge in [-0.1, -0.05) is 0 Å². The summed E-state index contributed by atoms with van der Waals surface area (Å²) >= 11 is 0. The zero-order valence-electron chi connectivity index (χ0n) is 11.7. The number of carbonyl (C=O) groups excluding carboxylic acids is 1. The number of furan rings is 1. The molecule has 1 heterocycles. The molecule has 0 aliphatic carbocycles. The first-order chi connectivity index (χ1) is 9.47. The van der Waals surface area contributed by atoms with Crippen molar-refractivity contribution in [2.24, 2.45) is 0 Å². The lowest BCUT2D eigenvalue weighted by Crippen LogP contribution is -2.26. The summed E-state index contributed by atoms with van der Waals surface area (Å²) in [6.45, 7) is 3.73. The molecular weight excluding hydrogens is 274 g/mol. The molecule has 0 saturated carbocycles. The highest BCUT2D eigenvalue weighted by Gasteiger charge is 2.14. The number of carbonyl (C=O) groups is 1. The molecule has 2 aromatic rings. The van der Waals surface area contributed by atoms with Crippen LogP contribution in [0.25, 0.3) is 0 Å². The molecule has 0 unspecified atom stereocenters. The predicted molar refractivity (Wildman–Crippen MR) is 78.1 cm³/mol. The van der Waals surface area contributed by atoms with Crippen LogP contribution in [0.5, 0.6) is 0 Å². The summed E-state index contributed by atoms with van der Waals surface area (Å²) in [7, 11) is -1.03. The Bertz CT molecular complexity index is 631. The van der Waals surface area contributed by atoms with Crippen molar-refractivity contribution in [3.8, 4) is 0 Å². The lowest BCUT2D eigenvalue weighted by Gasteiger charge is -2.11. The second-order valence-corrected chi connectivity index (χ2v) is 6.00. The van der Waals surface area contributed by atoms with Crippen LogP contribution in [0.4, 0.5) is 0 Å². The molecule has 20 heavy (non-hydrogen) atoms. The molecule has 0 aliphatic heterocycles. The van der Waals surface area contributed by atoms with Crippen LogP contribution in [0.1, 0.15) is 34.8 Å². The Labute approximate surface area is 120 Å². The molecular formula is C15H17NO3S. The molecule has 106 valence electrons. The SMILES string of the molecule is Cc1ccc([C@@H](C)NC(=O)c2ccc([S@](C)=O)cc2)o1. The van der Waals surface area contributed by atoms with Crippen molar-refractivity contribution in [2.45, 2.75) is 24.8 Å². The summed E-state index contributed by atoms with van der Waals surface area (Å²) in [6, 6.07) is 10.3. The lowest BCUT2D eigenvalue weighted by molar-refractivity contribution is 0.0935. The van der Waals surface area contributed by atoms with Crippen molar-refractivity contribution in [1.82, 2.24) is 5.32 Å². The average Bonchev–Trinajstić information content (AvgIpc) is 2.85. The summed E-state index contributed by atoms with van der Waals surface area (Å²) in [5.74, 6) is 1.36. The van der Waals surface area contributed by atoms with E-state index in [0.717, 1.165) is 11.5 Å². The van der Waals surface area contributed by atoms with Gasteiger partial charge in [-0.15, -0.1) is 0 Å². The van der Waals surface area contributed by atoms with Gasteiger partial charge in [0.15, 0.2) is 0 Å². The van der Waals surface area contributed by atoms with Gasteiger partial charge < -0.3 is 9.73 Å². The maximum absolute atomic E-state index is 12.1. The first-order valence-electron chi connectivity index (χ1n) is 6.28. The van der Waals surface area contributed by atoms with Crippen LogP contribution in [-0.2, 0) is 10.8 Å². The summed E-state index contributed by atoms with van der Waals surface area (Å²) in [4.78, 5) is 12.8. The number of nitrogens with one attached hydrogen (secondary N) is 1. The number of hydrogen-bond donors (Lipinski definition) is 1. The molecule has 0 radical (unpaired) electrons. The fourth-order valence-corrected chi connectivity index (χ4v) is 2.35. The van der Waals surface area contributed by atoms with Crippen molar-refractivity contribution in [2.75, 3.05) is 6.26 Å². The molecule has 0 saturated heterocycles. The Kier molecular flexibility index (Phi) is 4.39. The highest BCUT2D eigenvalue weighted by Crippen LogP contribution is 2.16. The average molecular weight is 291 g/mol. The van der Waals surface area contributed by atoms with Gasteiger partial charge in [-0.25, -0.2) is 0 Å². The van der Waals surface area contributed by atoms with Crippen LogP contribution in [0.2, 0.25) is 0 Å². The third kappa shape index (κ3) is 3.36. The Morgan fingerprint density at radius 1 is 1.20 bits per heavy atom. The number of benzene rings is 1. The highest BCUT2D eigenvalue weighted by molar-refractivity contribution is 7.84. The second-order valence-electron chi connectivity index (χ2n) is 4.62. The fourth-order valence-electron chi connectivity index (χ4n) is 1.84. The summed E-state index contributed by atoms with van der Waals surface area (Å²) < 4.78 is 16.8. The van der Waals surface area contributed by atoms with Crippen molar-refractivity contribution >= 4 is 16.7 Å². The Morgan fingerprint density at radius 3 is 2.35 bits per heavy atom. The molecule has 1 amide bonds. The third-order valence-corrected chi connectivity index (χ3v) is 3.92. The maximum atomic E-state index is 12.1. The molecule has 0 fully saturated rings. The van der Waals surface area contributed by atoms with Gasteiger partial charge in [0.1, 0.15) is 11.5 Å². The minimum atomic E-state index is -1.03. The fraction of sp³-hybridized carbons (Fsp3) is 0.267. The predicted octanol–water partition coefficient (Wildman–Crippen LogP) is 2.82. The normalized spacial score (nSPS) is 13.8. The lowest BCUT2D eigenvalue weighted by atomic mass is 10.2. The molecule has 0 aliphatic rings. The molecule has 5 heteroatoms. The van der Waals surface area contributed by atoms with Crippen LogP contribution >= 0.6 is 0 Å². The highest BCUT2D eigenvalue weighted by atomic mass is 32.2. The smallest absolute Gasteiger partial charge is 0.251 e. The van der Waals surface area contributed by atoms with Gasteiger partial charge in [0.25, 0.3) is 5.91 Å². The number of amides is 1. The molecule has 0 bridgehead atoms. The van der Waals surface area contributed by atoms with Gasteiger partial charge in [0.2, 0.25) is 0 Å². The molecule has 2 atom stereocenters. The summed E-state index contributed by atoms with van der Waals surface area (Å²) in [6.07, 6.45) is 1.61. The van der Waals surface area contributed by atoms with E-state index >= 15 is 0 Å². The largest absolute Gasteiger partial charge is 0.464 e. The van der Waals surface area contributed by atoms with Gasteiger partial charge in [-0.05, 0) is 50.2 Å². The van der Waals surface area contributed by atoms with Gasteiger partial charge >= 0.3 is 0 Å². The molecule has 1 aromatic carbocycles. The van der Waals surface area contributed by atoms with Crippen LogP contribution in [-0.4, -0.2) is 16.4 Å². The van der Waals surface area contributed by atoms with Crippen LogP contribution in [0, 0.1) is 6.92 Å². The number of rotatable bonds is 4. The molecule has 0 spiro atoms. The topological polar surface area (TPSA) is 59.3 Å². The monoisotopic (exact) mass is 291 g/mol. The van der Waals surface area contributed by atoms with E-state index in [1.165, 1.54) is 0 Å². The van der Waals surface area contributed by atoms with E-state index in [1.807, 2.05) is 26.0 Å². The van der Waals surface area contributed by atoms with Crippen molar-refractivity contribution in [3.63, 3.8) is 0 Å². The van der Waals surface area contributed by atoms with E-state index in [-0.39, 0.29) is 11.9 Å².